The fourth-order valence-corrected chi connectivity index (χ4v) is 4.38. The van der Waals surface area contributed by atoms with Crippen molar-refractivity contribution >= 4 is 46.5 Å². The molecule has 1 amide bonds. The van der Waals surface area contributed by atoms with Gasteiger partial charge in [-0.3, -0.25) is 4.79 Å². The number of aromatic nitrogens is 2. The number of methoxy groups -OCH3 is 2. The lowest BCUT2D eigenvalue weighted by Gasteiger charge is -2.10. The van der Waals surface area contributed by atoms with Crippen LogP contribution in [0, 0.1) is 0 Å². The van der Waals surface area contributed by atoms with E-state index in [4.69, 9.17) is 26.1 Å². The Hall–Kier alpha value is -3.49. The van der Waals surface area contributed by atoms with Gasteiger partial charge in [0.1, 0.15) is 11.5 Å². The Labute approximate surface area is 206 Å². The van der Waals surface area contributed by atoms with Gasteiger partial charge in [0.2, 0.25) is 0 Å². The van der Waals surface area contributed by atoms with Crippen LogP contribution in [0.3, 0.4) is 0 Å². The number of imidazole rings is 1. The number of nitrogens with zero attached hydrogens (tertiary/aromatic N) is 3. The molecule has 0 aliphatic rings. The van der Waals surface area contributed by atoms with E-state index in [1.807, 2.05) is 48.5 Å². The number of para-hydroxylation sites is 2. The second kappa shape index (κ2) is 11.1. The fourth-order valence-electron chi connectivity index (χ4n) is 3.37. The van der Waals surface area contributed by atoms with E-state index in [1.165, 1.54) is 18.0 Å². The lowest BCUT2D eigenvalue weighted by Crippen LogP contribution is -2.20. The van der Waals surface area contributed by atoms with Crippen LogP contribution in [0.2, 0.25) is 5.02 Å². The molecule has 4 rings (SSSR count). The van der Waals surface area contributed by atoms with Crippen LogP contribution in [0.1, 0.15) is 11.1 Å². The number of hydrogen-bond acceptors (Lipinski definition) is 6. The number of halogens is 1. The van der Waals surface area contributed by atoms with Crippen molar-refractivity contribution < 1.29 is 14.3 Å². The molecule has 1 N–H and O–H groups in total. The number of amides is 1. The summed E-state index contributed by atoms with van der Waals surface area (Å²) in [6.45, 7) is 0.555. The van der Waals surface area contributed by atoms with E-state index in [1.54, 1.807) is 32.4 Å². The van der Waals surface area contributed by atoms with Gasteiger partial charge in [0.25, 0.3) is 5.91 Å². The van der Waals surface area contributed by atoms with Crippen LogP contribution in [-0.4, -0.2) is 41.6 Å². The van der Waals surface area contributed by atoms with Crippen LogP contribution in [-0.2, 0) is 11.3 Å². The third kappa shape index (κ3) is 5.52. The molecular formula is C25H23ClN4O3S. The molecule has 0 saturated carbocycles. The predicted molar refractivity (Wildman–Crippen MR) is 136 cm³/mol. The summed E-state index contributed by atoms with van der Waals surface area (Å²) < 4.78 is 12.6. The highest BCUT2D eigenvalue weighted by molar-refractivity contribution is 7.99. The molecule has 0 radical (unpaired) electrons. The van der Waals surface area contributed by atoms with Gasteiger partial charge in [0.15, 0.2) is 5.16 Å². The summed E-state index contributed by atoms with van der Waals surface area (Å²) in [5, 5.41) is 5.48. The molecule has 0 aliphatic carbocycles. The number of hydrogen-bond donors (Lipinski definition) is 1. The second-order valence-corrected chi connectivity index (χ2v) is 8.60. The van der Waals surface area contributed by atoms with Crippen LogP contribution in [0.4, 0.5) is 0 Å². The molecule has 3 aromatic carbocycles. The molecule has 9 heteroatoms. The SMILES string of the molecule is COc1ccc(/C=N/NC(=O)CSc2nc3ccccc3n2Cc2ccccc2Cl)c(OC)c1. The number of fused-ring (bicyclic) bond motifs is 1. The molecule has 4 aromatic rings. The Morgan fingerprint density at radius 2 is 1.91 bits per heavy atom. The first-order valence-corrected chi connectivity index (χ1v) is 11.8. The van der Waals surface area contributed by atoms with Gasteiger partial charge in [-0.1, -0.05) is 53.7 Å². The number of hydrazone groups is 1. The van der Waals surface area contributed by atoms with E-state index in [0.717, 1.165) is 27.3 Å². The average molecular weight is 495 g/mol. The quantitative estimate of drug-likeness (QED) is 0.201. The number of thioether (sulfide) groups is 1. The van der Waals surface area contributed by atoms with Gasteiger partial charge in [0.05, 0.1) is 43.8 Å². The number of benzene rings is 3. The largest absolute Gasteiger partial charge is 0.497 e. The summed E-state index contributed by atoms with van der Waals surface area (Å²) in [7, 11) is 3.15. The summed E-state index contributed by atoms with van der Waals surface area (Å²) >= 11 is 7.73. The van der Waals surface area contributed by atoms with Crippen molar-refractivity contribution in [2.24, 2.45) is 5.10 Å². The lowest BCUT2D eigenvalue weighted by molar-refractivity contribution is -0.118. The highest BCUT2D eigenvalue weighted by Crippen LogP contribution is 2.27. The molecule has 7 nitrogen and oxygen atoms in total. The average Bonchev–Trinajstić information content (AvgIpc) is 3.21. The molecule has 0 atom stereocenters. The normalized spacial score (nSPS) is 11.1. The summed E-state index contributed by atoms with van der Waals surface area (Å²) in [6, 6.07) is 20.9. The van der Waals surface area contributed by atoms with Crippen LogP contribution < -0.4 is 14.9 Å². The summed E-state index contributed by atoms with van der Waals surface area (Å²) in [5.41, 5.74) is 6.11. The van der Waals surface area contributed by atoms with Gasteiger partial charge in [-0.25, -0.2) is 10.4 Å². The van der Waals surface area contributed by atoms with Crippen LogP contribution in [0.15, 0.2) is 77.0 Å². The van der Waals surface area contributed by atoms with Crippen molar-refractivity contribution in [1.29, 1.82) is 0 Å². The minimum Gasteiger partial charge on any atom is -0.497 e. The lowest BCUT2D eigenvalue weighted by atomic mass is 10.2. The number of carbonyl (C=O) groups excluding carboxylic acids is 1. The zero-order valence-electron chi connectivity index (χ0n) is 18.7. The minimum absolute atomic E-state index is 0.156. The smallest absolute Gasteiger partial charge is 0.250 e. The number of ether oxygens (including phenoxy) is 2. The molecule has 174 valence electrons. The molecule has 0 bridgehead atoms. The Bertz CT molecular complexity index is 1340. The first kappa shape index (κ1) is 23.7. The van der Waals surface area contributed by atoms with Crippen molar-refractivity contribution in [3.8, 4) is 11.5 Å². The van der Waals surface area contributed by atoms with Crippen LogP contribution >= 0.6 is 23.4 Å². The highest BCUT2D eigenvalue weighted by Gasteiger charge is 2.14. The van der Waals surface area contributed by atoms with E-state index in [0.29, 0.717) is 23.1 Å². The van der Waals surface area contributed by atoms with Crippen LogP contribution in [0.25, 0.3) is 11.0 Å². The van der Waals surface area contributed by atoms with Gasteiger partial charge in [0, 0.05) is 16.7 Å². The third-order valence-electron chi connectivity index (χ3n) is 5.07. The monoisotopic (exact) mass is 494 g/mol. The molecule has 34 heavy (non-hydrogen) atoms. The van der Waals surface area contributed by atoms with Gasteiger partial charge < -0.3 is 14.0 Å². The standard InChI is InChI=1S/C25H23ClN4O3S/c1-32-19-12-11-17(23(13-19)33-2)14-27-29-24(31)16-34-25-28-21-9-5-6-10-22(21)30(25)15-18-7-3-4-8-20(18)26/h3-14H,15-16H2,1-2H3,(H,29,31)/b27-14+. The highest BCUT2D eigenvalue weighted by atomic mass is 35.5. The van der Waals surface area contributed by atoms with Crippen molar-refractivity contribution in [3.05, 3.63) is 82.9 Å². The fraction of sp³-hybridized carbons (Fsp3) is 0.160. The van der Waals surface area contributed by atoms with E-state index in [9.17, 15) is 4.79 Å². The van der Waals surface area contributed by atoms with E-state index >= 15 is 0 Å². The third-order valence-corrected chi connectivity index (χ3v) is 6.42. The topological polar surface area (TPSA) is 77.7 Å². The van der Waals surface area contributed by atoms with Gasteiger partial charge in [-0.15, -0.1) is 0 Å². The van der Waals surface area contributed by atoms with Gasteiger partial charge in [-0.2, -0.15) is 5.10 Å². The van der Waals surface area contributed by atoms with Crippen molar-refractivity contribution in [1.82, 2.24) is 15.0 Å². The van der Waals surface area contributed by atoms with E-state index in [-0.39, 0.29) is 11.7 Å². The maximum atomic E-state index is 12.4. The first-order valence-electron chi connectivity index (χ1n) is 10.4. The molecule has 0 aliphatic heterocycles. The summed E-state index contributed by atoms with van der Waals surface area (Å²) in [4.78, 5) is 17.2. The molecular weight excluding hydrogens is 472 g/mol. The van der Waals surface area contributed by atoms with Crippen molar-refractivity contribution in [3.63, 3.8) is 0 Å². The molecule has 0 fully saturated rings. The Morgan fingerprint density at radius 3 is 2.71 bits per heavy atom. The first-order chi connectivity index (χ1) is 16.6. The van der Waals surface area contributed by atoms with Crippen molar-refractivity contribution in [2.45, 2.75) is 11.7 Å². The molecule has 0 saturated heterocycles. The molecule has 0 spiro atoms. The van der Waals surface area contributed by atoms with Crippen molar-refractivity contribution in [2.75, 3.05) is 20.0 Å². The predicted octanol–water partition coefficient (Wildman–Crippen LogP) is 5.00. The summed E-state index contributed by atoms with van der Waals surface area (Å²) in [6.07, 6.45) is 1.54. The maximum absolute atomic E-state index is 12.4. The zero-order valence-corrected chi connectivity index (χ0v) is 20.3. The molecule has 1 heterocycles. The molecule has 1 aromatic heterocycles. The number of nitrogens with one attached hydrogen (secondary N) is 1. The van der Waals surface area contributed by atoms with E-state index in [2.05, 4.69) is 15.1 Å². The van der Waals surface area contributed by atoms with Gasteiger partial charge >= 0.3 is 0 Å². The number of rotatable bonds is 9. The second-order valence-electron chi connectivity index (χ2n) is 7.25. The van der Waals surface area contributed by atoms with Crippen LogP contribution in [0.5, 0.6) is 11.5 Å². The Morgan fingerprint density at radius 1 is 1.12 bits per heavy atom. The number of carbonyl (C=O) groups is 1. The maximum Gasteiger partial charge on any atom is 0.250 e. The summed E-state index contributed by atoms with van der Waals surface area (Å²) in [5.74, 6) is 1.18. The minimum atomic E-state index is -0.245. The Kier molecular flexibility index (Phi) is 7.72. The van der Waals surface area contributed by atoms with E-state index < -0.39 is 0 Å². The zero-order chi connectivity index (χ0) is 23.9. The molecule has 0 unspecified atom stereocenters. The Balaban J connectivity index is 1.45. The van der Waals surface area contributed by atoms with Gasteiger partial charge in [-0.05, 0) is 35.9 Å².